The molecule has 0 aliphatic rings. The number of amides is 2. The first-order chi connectivity index (χ1) is 19.3. The number of aliphatic carboxylic acids is 2. The van der Waals surface area contributed by atoms with Crippen molar-refractivity contribution in [1.29, 1.82) is 0 Å². The van der Waals surface area contributed by atoms with Crippen molar-refractivity contribution in [3.63, 3.8) is 0 Å². The van der Waals surface area contributed by atoms with E-state index >= 15 is 0 Å². The lowest BCUT2D eigenvalue weighted by atomic mass is 10.0. The summed E-state index contributed by atoms with van der Waals surface area (Å²) >= 11 is 0. The van der Waals surface area contributed by atoms with Gasteiger partial charge in [0.1, 0.15) is 0 Å². The minimum absolute atomic E-state index is 0.166. The molecule has 0 aliphatic carbocycles. The summed E-state index contributed by atoms with van der Waals surface area (Å²) in [6.07, 6.45) is 10.1. The molecule has 0 radical (unpaired) electrons. The van der Waals surface area contributed by atoms with Crippen molar-refractivity contribution in [2.45, 2.75) is 77.0 Å². The first-order valence-electron chi connectivity index (χ1n) is 13.6. The molecular weight excluding hydrogens is 512 g/mol. The molecule has 0 saturated carbocycles. The van der Waals surface area contributed by atoms with E-state index in [0.717, 1.165) is 47.9 Å². The molecule has 214 valence electrons. The second-order valence-electron chi connectivity index (χ2n) is 9.45. The zero-order valence-corrected chi connectivity index (χ0v) is 22.7. The summed E-state index contributed by atoms with van der Waals surface area (Å²) in [6, 6.07) is 15.5. The molecule has 0 aromatic heterocycles. The van der Waals surface area contributed by atoms with Gasteiger partial charge in [-0.3, -0.25) is 19.2 Å². The number of unbranched alkanes of at least 4 members (excludes halogenated alkanes) is 6. The van der Waals surface area contributed by atoms with E-state index in [1.54, 1.807) is 12.4 Å². The van der Waals surface area contributed by atoms with E-state index in [1.165, 1.54) is 0 Å². The topological polar surface area (TPSA) is 158 Å². The van der Waals surface area contributed by atoms with Crippen molar-refractivity contribution in [2.24, 2.45) is 10.2 Å². The number of carboxylic acid groups (broad SMARTS) is 2. The van der Waals surface area contributed by atoms with Gasteiger partial charge in [0.15, 0.2) is 0 Å². The van der Waals surface area contributed by atoms with Crippen LogP contribution >= 0.6 is 0 Å². The highest BCUT2D eigenvalue weighted by Crippen LogP contribution is 2.20. The largest absolute Gasteiger partial charge is 0.481 e. The second-order valence-corrected chi connectivity index (χ2v) is 9.45. The van der Waals surface area contributed by atoms with Crippen LogP contribution in [0.25, 0.3) is 11.1 Å². The van der Waals surface area contributed by atoms with Crippen molar-refractivity contribution in [3.05, 3.63) is 59.7 Å². The highest BCUT2D eigenvalue weighted by atomic mass is 16.4. The van der Waals surface area contributed by atoms with Crippen LogP contribution in [0.5, 0.6) is 0 Å². The van der Waals surface area contributed by atoms with Gasteiger partial charge < -0.3 is 10.2 Å². The number of benzene rings is 2. The number of rotatable bonds is 19. The molecule has 0 heterocycles. The summed E-state index contributed by atoms with van der Waals surface area (Å²) in [7, 11) is 0. The summed E-state index contributed by atoms with van der Waals surface area (Å²) in [5.74, 6) is -1.92. The number of nitrogens with zero attached hydrogens (tertiary/aromatic N) is 2. The fourth-order valence-corrected chi connectivity index (χ4v) is 3.82. The molecule has 0 spiro atoms. The summed E-state index contributed by atoms with van der Waals surface area (Å²) in [6.45, 7) is 0. The van der Waals surface area contributed by atoms with Crippen LogP contribution in [0.4, 0.5) is 0 Å². The number of hydrogen-bond donors (Lipinski definition) is 4. The maximum atomic E-state index is 11.9. The van der Waals surface area contributed by atoms with Crippen LogP contribution in [-0.2, 0) is 19.2 Å². The molecule has 4 N–H and O–H groups in total. The van der Waals surface area contributed by atoms with Crippen LogP contribution in [-0.4, -0.2) is 46.4 Å². The van der Waals surface area contributed by atoms with E-state index in [2.05, 4.69) is 21.1 Å². The highest BCUT2D eigenvalue weighted by Gasteiger charge is 2.03. The van der Waals surface area contributed by atoms with E-state index < -0.39 is 11.9 Å². The molecule has 0 unspecified atom stereocenters. The lowest BCUT2D eigenvalue weighted by Crippen LogP contribution is -2.16. The first-order valence-corrected chi connectivity index (χ1v) is 13.6. The Morgan fingerprint density at radius 2 is 0.850 bits per heavy atom. The van der Waals surface area contributed by atoms with Crippen LogP contribution in [0.15, 0.2) is 58.7 Å². The van der Waals surface area contributed by atoms with Crippen LogP contribution in [0.1, 0.15) is 88.2 Å². The summed E-state index contributed by atoms with van der Waals surface area (Å²) in [4.78, 5) is 44.7. The first kappa shape index (κ1) is 31.9. The Bertz CT molecular complexity index is 1050. The molecule has 0 atom stereocenters. The van der Waals surface area contributed by atoms with Crippen LogP contribution in [0, 0.1) is 0 Å². The number of hydrogen-bond acceptors (Lipinski definition) is 6. The Balaban J connectivity index is 1.68. The minimum Gasteiger partial charge on any atom is -0.481 e. The SMILES string of the molecule is O=C(O)CCCCCCC(=O)N/N=C/c1ccc(-c2ccc(/C=N/NC(=O)CCCCCCC(=O)O)cc2)cc1. The van der Waals surface area contributed by atoms with Crippen molar-refractivity contribution >= 4 is 36.2 Å². The number of hydrazone groups is 2. The van der Waals surface area contributed by atoms with Gasteiger partial charge in [0.05, 0.1) is 12.4 Å². The number of carboxylic acids is 2. The number of carbonyl (C=O) groups excluding carboxylic acids is 2. The predicted octanol–water partition coefficient (Wildman–Crippen LogP) is 5.10. The van der Waals surface area contributed by atoms with Gasteiger partial charge in [0.25, 0.3) is 0 Å². The van der Waals surface area contributed by atoms with Gasteiger partial charge in [-0.25, -0.2) is 10.9 Å². The Hall–Kier alpha value is -4.34. The molecule has 40 heavy (non-hydrogen) atoms. The number of carbonyl (C=O) groups is 4. The summed E-state index contributed by atoms with van der Waals surface area (Å²) in [5, 5.41) is 25.2. The average molecular weight is 551 g/mol. The van der Waals surface area contributed by atoms with Gasteiger partial charge in [0, 0.05) is 25.7 Å². The lowest BCUT2D eigenvalue weighted by Gasteiger charge is -2.04. The maximum Gasteiger partial charge on any atom is 0.303 e. The van der Waals surface area contributed by atoms with Crippen molar-refractivity contribution in [1.82, 2.24) is 10.9 Å². The van der Waals surface area contributed by atoms with Crippen molar-refractivity contribution in [2.75, 3.05) is 0 Å². The Morgan fingerprint density at radius 3 is 1.18 bits per heavy atom. The molecule has 10 heteroatoms. The third-order valence-corrected chi connectivity index (χ3v) is 6.05. The third kappa shape index (κ3) is 14.6. The van der Waals surface area contributed by atoms with Gasteiger partial charge in [-0.2, -0.15) is 10.2 Å². The Kier molecular flexibility index (Phi) is 15.0. The van der Waals surface area contributed by atoms with E-state index in [-0.39, 0.29) is 24.7 Å². The standard InChI is InChI=1S/C30H38N4O6/c35-27(9-5-1-3-7-11-29(37)38)33-31-21-23-13-17-25(18-14-23)26-19-15-24(16-20-26)22-32-34-28(36)10-6-2-4-8-12-30(39)40/h13-22H,1-12H2,(H,33,35)(H,34,36)(H,37,38)(H,39,40)/b31-21+,32-22+. The minimum atomic E-state index is -0.792. The number of nitrogens with one attached hydrogen (secondary N) is 2. The molecule has 0 bridgehead atoms. The second kappa shape index (κ2) is 18.8. The van der Waals surface area contributed by atoms with Crippen LogP contribution < -0.4 is 10.9 Å². The van der Waals surface area contributed by atoms with Gasteiger partial charge >= 0.3 is 11.9 Å². The van der Waals surface area contributed by atoms with Gasteiger partial charge in [-0.15, -0.1) is 0 Å². The quantitative estimate of drug-likeness (QED) is 0.108. The van der Waals surface area contributed by atoms with Crippen molar-refractivity contribution < 1.29 is 29.4 Å². The summed E-state index contributed by atoms with van der Waals surface area (Å²) in [5.41, 5.74) is 8.76. The smallest absolute Gasteiger partial charge is 0.303 e. The monoisotopic (exact) mass is 550 g/mol. The van der Waals surface area contributed by atoms with Gasteiger partial charge in [0.2, 0.25) is 11.8 Å². The molecule has 0 aliphatic heterocycles. The third-order valence-electron chi connectivity index (χ3n) is 6.05. The fourth-order valence-electron chi connectivity index (χ4n) is 3.82. The summed E-state index contributed by atoms with van der Waals surface area (Å²) < 4.78 is 0. The zero-order valence-electron chi connectivity index (χ0n) is 22.7. The van der Waals surface area contributed by atoms with E-state index in [0.29, 0.717) is 38.5 Å². The predicted molar refractivity (Wildman–Crippen MR) is 154 cm³/mol. The lowest BCUT2D eigenvalue weighted by molar-refractivity contribution is -0.138. The maximum absolute atomic E-state index is 11.9. The zero-order chi connectivity index (χ0) is 29.0. The van der Waals surface area contributed by atoms with Crippen LogP contribution in [0.3, 0.4) is 0 Å². The van der Waals surface area contributed by atoms with E-state index in [9.17, 15) is 19.2 Å². The van der Waals surface area contributed by atoms with Gasteiger partial charge in [-0.1, -0.05) is 74.2 Å². The molecule has 2 rings (SSSR count). The molecule has 2 amide bonds. The molecule has 10 nitrogen and oxygen atoms in total. The average Bonchev–Trinajstić information content (AvgIpc) is 2.93. The molecule has 2 aromatic rings. The Labute approximate surface area is 234 Å². The normalized spacial score (nSPS) is 11.1. The molecular formula is C30H38N4O6. The highest BCUT2D eigenvalue weighted by molar-refractivity contribution is 5.85. The fraction of sp³-hybridized carbons (Fsp3) is 0.400. The van der Waals surface area contributed by atoms with Gasteiger partial charge in [-0.05, 0) is 47.9 Å². The van der Waals surface area contributed by atoms with E-state index in [1.807, 2.05) is 48.5 Å². The molecule has 0 fully saturated rings. The van der Waals surface area contributed by atoms with Crippen molar-refractivity contribution in [3.8, 4) is 11.1 Å². The molecule has 2 aromatic carbocycles. The molecule has 0 saturated heterocycles. The Morgan fingerprint density at radius 1 is 0.525 bits per heavy atom. The van der Waals surface area contributed by atoms with E-state index in [4.69, 9.17) is 10.2 Å². The van der Waals surface area contributed by atoms with Crippen LogP contribution in [0.2, 0.25) is 0 Å².